The van der Waals surface area contributed by atoms with E-state index < -0.39 is 23.4 Å². The molecule has 0 fully saturated rings. The molecule has 0 aliphatic heterocycles. The summed E-state index contributed by atoms with van der Waals surface area (Å²) < 4.78 is 18.4. The molecule has 0 amide bonds. The van der Waals surface area contributed by atoms with E-state index >= 15 is 0 Å². The van der Waals surface area contributed by atoms with Crippen molar-refractivity contribution >= 4 is 23.3 Å². The van der Waals surface area contributed by atoms with Crippen LogP contribution in [0.2, 0.25) is 5.02 Å². The lowest BCUT2D eigenvalue weighted by molar-refractivity contribution is -0.155. The molecule has 0 aliphatic rings. The van der Waals surface area contributed by atoms with Crippen molar-refractivity contribution in [3.05, 3.63) is 29.0 Å². The monoisotopic (exact) mass is 273 g/mol. The zero-order valence-electron chi connectivity index (χ0n) is 10.9. The number of ether oxygens (including phenoxy) is 1. The Morgan fingerprint density at radius 1 is 1.44 bits per heavy atom. The van der Waals surface area contributed by atoms with Crippen LogP contribution >= 0.6 is 11.6 Å². The molecule has 5 heteroatoms. The van der Waals surface area contributed by atoms with Crippen molar-refractivity contribution in [1.82, 2.24) is 0 Å². The largest absolute Gasteiger partial charge is 0.458 e. The molecule has 1 rings (SSSR count). The van der Waals surface area contributed by atoms with Crippen LogP contribution in [-0.4, -0.2) is 17.6 Å². The fourth-order valence-electron chi connectivity index (χ4n) is 1.29. The molecule has 0 spiro atoms. The summed E-state index contributed by atoms with van der Waals surface area (Å²) in [6, 6.07) is 3.71. The number of carbonyl (C=O) groups excluding carboxylic acids is 1. The van der Waals surface area contributed by atoms with Gasteiger partial charge in [0.15, 0.2) is 0 Å². The normalized spacial score (nSPS) is 13.0. The van der Waals surface area contributed by atoms with Crippen molar-refractivity contribution in [1.29, 1.82) is 0 Å². The SMILES string of the molecule is CC(Nc1ccc(Cl)c(F)c1)C(=O)OC(C)(C)C. The van der Waals surface area contributed by atoms with Gasteiger partial charge in [0.05, 0.1) is 5.02 Å². The fourth-order valence-corrected chi connectivity index (χ4v) is 1.40. The van der Waals surface area contributed by atoms with E-state index in [9.17, 15) is 9.18 Å². The Morgan fingerprint density at radius 2 is 2.06 bits per heavy atom. The summed E-state index contributed by atoms with van der Waals surface area (Å²) in [5, 5.41) is 2.91. The van der Waals surface area contributed by atoms with Gasteiger partial charge in [0.2, 0.25) is 0 Å². The van der Waals surface area contributed by atoms with Crippen LogP contribution in [0.15, 0.2) is 18.2 Å². The summed E-state index contributed by atoms with van der Waals surface area (Å²) in [6.45, 7) is 7.03. The lowest BCUT2D eigenvalue weighted by Gasteiger charge is -2.23. The van der Waals surface area contributed by atoms with E-state index in [1.807, 2.05) is 0 Å². The number of carbonyl (C=O) groups is 1. The van der Waals surface area contributed by atoms with E-state index in [2.05, 4.69) is 5.32 Å². The van der Waals surface area contributed by atoms with Gasteiger partial charge in [0.1, 0.15) is 17.5 Å². The van der Waals surface area contributed by atoms with Crippen LogP contribution in [-0.2, 0) is 9.53 Å². The van der Waals surface area contributed by atoms with Gasteiger partial charge in [-0.1, -0.05) is 11.6 Å². The second-order valence-corrected chi connectivity index (χ2v) is 5.44. The van der Waals surface area contributed by atoms with Gasteiger partial charge >= 0.3 is 5.97 Å². The van der Waals surface area contributed by atoms with Gasteiger partial charge in [-0.25, -0.2) is 9.18 Å². The van der Waals surface area contributed by atoms with Gasteiger partial charge in [0.25, 0.3) is 0 Å². The zero-order chi connectivity index (χ0) is 13.9. The van der Waals surface area contributed by atoms with E-state index in [1.165, 1.54) is 12.1 Å². The first-order valence-electron chi connectivity index (χ1n) is 5.63. The summed E-state index contributed by atoms with van der Waals surface area (Å²) in [5.41, 5.74) is -0.0617. The third-order valence-corrected chi connectivity index (χ3v) is 2.37. The highest BCUT2D eigenvalue weighted by Gasteiger charge is 2.21. The molecule has 18 heavy (non-hydrogen) atoms. The molecular formula is C13H17ClFNO2. The Hall–Kier alpha value is -1.29. The molecule has 0 aromatic heterocycles. The average Bonchev–Trinajstić information content (AvgIpc) is 2.21. The minimum Gasteiger partial charge on any atom is -0.458 e. The standard InChI is InChI=1S/C13H17ClFNO2/c1-8(12(17)18-13(2,3)4)16-9-5-6-10(14)11(15)7-9/h5-8,16H,1-4H3. The van der Waals surface area contributed by atoms with Gasteiger partial charge in [-0.2, -0.15) is 0 Å². The molecule has 1 N–H and O–H groups in total. The summed E-state index contributed by atoms with van der Waals surface area (Å²) in [6.07, 6.45) is 0. The van der Waals surface area contributed by atoms with E-state index in [1.54, 1.807) is 33.8 Å². The first-order chi connectivity index (χ1) is 8.19. The maximum atomic E-state index is 13.2. The van der Waals surface area contributed by atoms with Crippen LogP contribution in [0.1, 0.15) is 27.7 Å². The minimum absolute atomic E-state index is 0.0467. The Kier molecular flexibility index (Phi) is 4.57. The first kappa shape index (κ1) is 14.8. The number of benzene rings is 1. The predicted molar refractivity (Wildman–Crippen MR) is 70.3 cm³/mol. The highest BCUT2D eigenvalue weighted by molar-refractivity contribution is 6.30. The summed E-state index contributed by atoms with van der Waals surface area (Å²) >= 11 is 5.57. The number of hydrogen-bond donors (Lipinski definition) is 1. The number of rotatable bonds is 3. The molecule has 0 aliphatic carbocycles. The van der Waals surface area contributed by atoms with Crippen molar-refractivity contribution in [2.24, 2.45) is 0 Å². The minimum atomic E-state index is -0.565. The van der Waals surface area contributed by atoms with Crippen molar-refractivity contribution in [2.45, 2.75) is 39.3 Å². The molecule has 0 saturated heterocycles. The van der Waals surface area contributed by atoms with Crippen LogP contribution in [0.4, 0.5) is 10.1 Å². The van der Waals surface area contributed by atoms with E-state index in [0.29, 0.717) is 5.69 Å². The van der Waals surface area contributed by atoms with Crippen LogP contribution in [0.3, 0.4) is 0 Å². The van der Waals surface area contributed by atoms with E-state index in [-0.39, 0.29) is 5.02 Å². The predicted octanol–water partition coefficient (Wildman–Crippen LogP) is 3.62. The summed E-state index contributed by atoms with van der Waals surface area (Å²) in [7, 11) is 0. The lowest BCUT2D eigenvalue weighted by atomic mass is 10.2. The fraction of sp³-hybridized carbons (Fsp3) is 0.462. The Labute approximate surface area is 111 Å². The Morgan fingerprint density at radius 3 is 2.56 bits per heavy atom. The van der Waals surface area contributed by atoms with E-state index in [0.717, 1.165) is 0 Å². The lowest BCUT2D eigenvalue weighted by Crippen LogP contribution is -2.34. The Balaban J connectivity index is 2.66. The topological polar surface area (TPSA) is 38.3 Å². The maximum Gasteiger partial charge on any atom is 0.328 e. The first-order valence-corrected chi connectivity index (χ1v) is 6.01. The highest BCUT2D eigenvalue weighted by atomic mass is 35.5. The van der Waals surface area contributed by atoms with Crippen molar-refractivity contribution < 1.29 is 13.9 Å². The van der Waals surface area contributed by atoms with Gasteiger partial charge in [-0.05, 0) is 45.9 Å². The molecule has 0 radical (unpaired) electrons. The molecule has 0 saturated carbocycles. The zero-order valence-corrected chi connectivity index (χ0v) is 11.6. The molecule has 3 nitrogen and oxygen atoms in total. The number of hydrogen-bond acceptors (Lipinski definition) is 3. The van der Waals surface area contributed by atoms with Crippen LogP contribution in [0.5, 0.6) is 0 Å². The smallest absolute Gasteiger partial charge is 0.328 e. The summed E-state index contributed by atoms with van der Waals surface area (Å²) in [4.78, 5) is 11.7. The second-order valence-electron chi connectivity index (χ2n) is 5.03. The molecule has 1 unspecified atom stereocenters. The van der Waals surface area contributed by atoms with Crippen molar-refractivity contribution in [2.75, 3.05) is 5.32 Å². The molecular weight excluding hydrogens is 257 g/mol. The molecule has 0 bridgehead atoms. The molecule has 100 valence electrons. The third kappa shape index (κ3) is 4.53. The highest BCUT2D eigenvalue weighted by Crippen LogP contribution is 2.19. The average molecular weight is 274 g/mol. The van der Waals surface area contributed by atoms with Crippen LogP contribution < -0.4 is 5.32 Å². The molecule has 1 aromatic carbocycles. The quantitative estimate of drug-likeness (QED) is 0.855. The van der Waals surface area contributed by atoms with Crippen LogP contribution in [0.25, 0.3) is 0 Å². The summed E-state index contributed by atoms with van der Waals surface area (Å²) in [5.74, 6) is -0.920. The third-order valence-electron chi connectivity index (χ3n) is 2.06. The second kappa shape index (κ2) is 5.57. The number of halogens is 2. The van der Waals surface area contributed by atoms with Crippen molar-refractivity contribution in [3.8, 4) is 0 Å². The molecule has 0 heterocycles. The Bertz CT molecular complexity index is 443. The maximum absolute atomic E-state index is 13.2. The van der Waals surface area contributed by atoms with Gasteiger partial charge in [-0.3, -0.25) is 0 Å². The van der Waals surface area contributed by atoms with Gasteiger partial charge in [0, 0.05) is 5.69 Å². The number of esters is 1. The molecule has 1 atom stereocenters. The van der Waals surface area contributed by atoms with E-state index in [4.69, 9.17) is 16.3 Å². The van der Waals surface area contributed by atoms with Crippen molar-refractivity contribution in [3.63, 3.8) is 0 Å². The molecule has 1 aromatic rings. The van der Waals surface area contributed by atoms with Gasteiger partial charge < -0.3 is 10.1 Å². The number of anilines is 1. The number of nitrogens with one attached hydrogen (secondary N) is 1. The van der Waals surface area contributed by atoms with Crippen LogP contribution in [0, 0.1) is 5.82 Å². The van der Waals surface area contributed by atoms with Gasteiger partial charge in [-0.15, -0.1) is 0 Å².